The Morgan fingerprint density at radius 1 is 1.04 bits per heavy atom. The number of ether oxygens (including phenoxy) is 1. The van der Waals surface area contributed by atoms with Crippen LogP contribution in [0.5, 0.6) is 0 Å². The number of amides is 1. The van der Waals surface area contributed by atoms with Gasteiger partial charge in [-0.25, -0.2) is 0 Å². The molecule has 2 aromatic rings. The van der Waals surface area contributed by atoms with Crippen molar-refractivity contribution in [3.63, 3.8) is 0 Å². The summed E-state index contributed by atoms with van der Waals surface area (Å²) < 4.78 is 5.56. The van der Waals surface area contributed by atoms with E-state index in [4.69, 9.17) is 4.74 Å². The van der Waals surface area contributed by atoms with E-state index in [1.54, 1.807) is 0 Å². The number of carbonyl (C=O) groups is 1. The Labute approximate surface area is 161 Å². The van der Waals surface area contributed by atoms with Crippen LogP contribution in [0.15, 0.2) is 60.7 Å². The molecule has 0 radical (unpaired) electrons. The monoisotopic (exact) mass is 364 g/mol. The van der Waals surface area contributed by atoms with Crippen molar-refractivity contribution in [1.29, 1.82) is 0 Å². The summed E-state index contributed by atoms with van der Waals surface area (Å²) in [6, 6.07) is 21.1. The zero-order chi connectivity index (χ0) is 18.5. The fourth-order valence-corrected chi connectivity index (χ4v) is 4.51. The third kappa shape index (κ3) is 3.72. The molecule has 2 heterocycles. The second kappa shape index (κ2) is 8.13. The maximum absolute atomic E-state index is 13.3. The number of anilines is 1. The van der Waals surface area contributed by atoms with E-state index in [-0.39, 0.29) is 5.91 Å². The molecule has 0 bridgehead atoms. The highest BCUT2D eigenvalue weighted by Gasteiger charge is 2.41. The first-order valence-electron chi connectivity index (χ1n) is 10.0. The number of hydrogen-bond acceptors (Lipinski definition) is 3. The molecule has 4 heteroatoms. The summed E-state index contributed by atoms with van der Waals surface area (Å²) >= 11 is 0. The molecule has 27 heavy (non-hydrogen) atoms. The molecule has 0 saturated carbocycles. The second-order valence-electron chi connectivity index (χ2n) is 7.60. The Morgan fingerprint density at radius 2 is 1.70 bits per heavy atom. The van der Waals surface area contributed by atoms with Crippen LogP contribution in [0.1, 0.15) is 31.2 Å². The minimum atomic E-state index is -0.463. The maximum atomic E-state index is 13.3. The van der Waals surface area contributed by atoms with Crippen LogP contribution in [0, 0.1) is 0 Å². The number of rotatable bonds is 5. The number of nitrogens with zero attached hydrogens (tertiary/aromatic N) is 1. The minimum Gasteiger partial charge on any atom is -0.381 e. The van der Waals surface area contributed by atoms with Crippen molar-refractivity contribution in [1.82, 2.24) is 5.32 Å². The largest absolute Gasteiger partial charge is 0.381 e. The van der Waals surface area contributed by atoms with E-state index in [0.29, 0.717) is 25.8 Å². The van der Waals surface area contributed by atoms with Gasteiger partial charge in [-0.3, -0.25) is 4.79 Å². The third-order valence-corrected chi connectivity index (χ3v) is 6.07. The van der Waals surface area contributed by atoms with Gasteiger partial charge in [0.15, 0.2) is 0 Å². The van der Waals surface area contributed by atoms with Crippen molar-refractivity contribution in [3.8, 4) is 0 Å². The minimum absolute atomic E-state index is 0.150. The van der Waals surface area contributed by atoms with Crippen LogP contribution in [-0.4, -0.2) is 38.3 Å². The van der Waals surface area contributed by atoms with Crippen LogP contribution < -0.4 is 10.2 Å². The Morgan fingerprint density at radius 3 is 2.41 bits per heavy atom. The molecule has 0 aromatic heterocycles. The molecule has 1 N–H and O–H groups in total. The van der Waals surface area contributed by atoms with Gasteiger partial charge in [0.05, 0.1) is 5.41 Å². The van der Waals surface area contributed by atoms with Gasteiger partial charge in [-0.15, -0.1) is 0 Å². The lowest BCUT2D eigenvalue weighted by molar-refractivity contribution is -0.130. The lowest BCUT2D eigenvalue weighted by atomic mass is 9.73. The maximum Gasteiger partial charge on any atom is 0.230 e. The standard InChI is InChI=1S/C23H28N2O2/c26-22(23(13-16-27-17-14-23)19-8-3-1-4-9-19)24-18-21-12-7-15-25(21)20-10-5-2-6-11-20/h1-6,8-11,21H,7,12-18H2,(H,24,26). The van der Waals surface area contributed by atoms with E-state index in [1.807, 2.05) is 24.3 Å². The molecule has 2 aliphatic heterocycles. The van der Waals surface area contributed by atoms with Gasteiger partial charge in [-0.05, 0) is 43.4 Å². The van der Waals surface area contributed by atoms with Gasteiger partial charge in [-0.2, -0.15) is 0 Å². The van der Waals surface area contributed by atoms with Gasteiger partial charge >= 0.3 is 0 Å². The summed E-state index contributed by atoms with van der Waals surface area (Å²) in [7, 11) is 0. The zero-order valence-electron chi connectivity index (χ0n) is 15.8. The summed E-state index contributed by atoms with van der Waals surface area (Å²) in [5, 5.41) is 3.30. The quantitative estimate of drug-likeness (QED) is 0.883. The van der Waals surface area contributed by atoms with Gasteiger partial charge in [0, 0.05) is 38.0 Å². The van der Waals surface area contributed by atoms with Crippen molar-refractivity contribution in [2.75, 3.05) is 31.2 Å². The molecule has 1 amide bonds. The number of nitrogens with one attached hydrogen (secondary N) is 1. The van der Waals surface area contributed by atoms with E-state index in [1.165, 1.54) is 12.1 Å². The second-order valence-corrected chi connectivity index (χ2v) is 7.60. The smallest absolute Gasteiger partial charge is 0.230 e. The highest BCUT2D eigenvalue weighted by atomic mass is 16.5. The predicted octanol–water partition coefficient (Wildman–Crippen LogP) is 3.52. The third-order valence-electron chi connectivity index (χ3n) is 6.07. The molecule has 2 fully saturated rings. The number of benzene rings is 2. The highest BCUT2D eigenvalue weighted by molar-refractivity contribution is 5.88. The van der Waals surface area contributed by atoms with E-state index in [9.17, 15) is 4.79 Å². The van der Waals surface area contributed by atoms with E-state index in [0.717, 1.165) is 31.4 Å². The molecule has 1 unspecified atom stereocenters. The molecule has 2 aromatic carbocycles. The first-order valence-corrected chi connectivity index (χ1v) is 10.0. The molecule has 0 aliphatic carbocycles. The summed E-state index contributed by atoms with van der Waals surface area (Å²) in [4.78, 5) is 15.8. The highest BCUT2D eigenvalue weighted by Crippen LogP contribution is 2.35. The molecule has 142 valence electrons. The summed E-state index contributed by atoms with van der Waals surface area (Å²) in [6.45, 7) is 3.04. The fraction of sp³-hybridized carbons (Fsp3) is 0.435. The topological polar surface area (TPSA) is 41.6 Å². The van der Waals surface area contributed by atoms with Crippen LogP contribution in [0.25, 0.3) is 0 Å². The summed E-state index contributed by atoms with van der Waals surface area (Å²) in [5.74, 6) is 0.150. The first-order chi connectivity index (χ1) is 13.3. The van der Waals surface area contributed by atoms with Crippen molar-refractivity contribution in [3.05, 3.63) is 66.2 Å². The van der Waals surface area contributed by atoms with Gasteiger partial charge in [-0.1, -0.05) is 48.5 Å². The molecule has 2 saturated heterocycles. The first kappa shape index (κ1) is 18.1. The van der Waals surface area contributed by atoms with E-state index in [2.05, 4.69) is 46.6 Å². The average Bonchev–Trinajstić information content (AvgIpc) is 3.22. The number of para-hydroxylation sites is 1. The molecule has 0 spiro atoms. The van der Waals surface area contributed by atoms with Crippen molar-refractivity contribution < 1.29 is 9.53 Å². The van der Waals surface area contributed by atoms with E-state index >= 15 is 0 Å². The normalized spacial score (nSPS) is 21.8. The van der Waals surface area contributed by atoms with Crippen molar-refractivity contribution in [2.45, 2.75) is 37.1 Å². The number of carbonyl (C=O) groups excluding carboxylic acids is 1. The van der Waals surface area contributed by atoms with Gasteiger partial charge < -0.3 is 15.0 Å². The summed E-state index contributed by atoms with van der Waals surface area (Å²) in [6.07, 6.45) is 3.79. The van der Waals surface area contributed by atoms with Crippen molar-refractivity contribution >= 4 is 11.6 Å². The van der Waals surface area contributed by atoms with E-state index < -0.39 is 5.41 Å². The summed E-state index contributed by atoms with van der Waals surface area (Å²) in [5.41, 5.74) is 1.89. The fourth-order valence-electron chi connectivity index (χ4n) is 4.51. The Hall–Kier alpha value is -2.33. The van der Waals surface area contributed by atoms with Crippen molar-refractivity contribution in [2.24, 2.45) is 0 Å². The lowest BCUT2D eigenvalue weighted by Crippen LogP contribution is -2.51. The molecule has 4 nitrogen and oxygen atoms in total. The molecular weight excluding hydrogens is 336 g/mol. The van der Waals surface area contributed by atoms with Crippen LogP contribution in [0.4, 0.5) is 5.69 Å². The van der Waals surface area contributed by atoms with Crippen LogP contribution in [0.3, 0.4) is 0 Å². The molecule has 1 atom stereocenters. The van der Waals surface area contributed by atoms with Gasteiger partial charge in [0.1, 0.15) is 0 Å². The zero-order valence-corrected chi connectivity index (χ0v) is 15.8. The predicted molar refractivity (Wildman–Crippen MR) is 108 cm³/mol. The molecule has 4 rings (SSSR count). The average molecular weight is 364 g/mol. The Bertz CT molecular complexity index is 741. The molecular formula is C23H28N2O2. The number of hydrogen-bond donors (Lipinski definition) is 1. The Kier molecular flexibility index (Phi) is 5.44. The SMILES string of the molecule is O=C(NCC1CCCN1c1ccccc1)C1(c2ccccc2)CCOCC1. The van der Waals surface area contributed by atoms with Crippen LogP contribution in [0.2, 0.25) is 0 Å². The van der Waals surface area contributed by atoms with Gasteiger partial charge in [0.2, 0.25) is 5.91 Å². The van der Waals surface area contributed by atoms with Crippen LogP contribution >= 0.6 is 0 Å². The Balaban J connectivity index is 1.47. The lowest BCUT2D eigenvalue weighted by Gasteiger charge is -2.37. The van der Waals surface area contributed by atoms with Gasteiger partial charge in [0.25, 0.3) is 0 Å². The van der Waals surface area contributed by atoms with Crippen LogP contribution in [-0.2, 0) is 14.9 Å². The molecule has 2 aliphatic rings.